The Balaban J connectivity index is 2.33. The van der Waals surface area contributed by atoms with Crippen LogP contribution in [-0.2, 0) is 0 Å². The largest absolute Gasteiger partial charge is 0.310 e. The summed E-state index contributed by atoms with van der Waals surface area (Å²) in [5, 5.41) is 3.57. The van der Waals surface area contributed by atoms with Crippen molar-refractivity contribution in [2.24, 2.45) is 0 Å². The van der Waals surface area contributed by atoms with Crippen LogP contribution >= 0.6 is 27.7 Å². The van der Waals surface area contributed by atoms with E-state index in [1.165, 1.54) is 33.5 Å². The standard InChI is InChI=1S/C12H16BrNS/c1-2-14-11-4-3-7-15-12-6-5-9(13)8-10(11)12/h5-6,8,11,14H,2-4,7H2,1H3. The van der Waals surface area contributed by atoms with Gasteiger partial charge in [0.1, 0.15) is 0 Å². The summed E-state index contributed by atoms with van der Waals surface area (Å²) in [6.07, 6.45) is 2.55. The van der Waals surface area contributed by atoms with Gasteiger partial charge in [0.25, 0.3) is 0 Å². The van der Waals surface area contributed by atoms with Crippen LogP contribution in [0.1, 0.15) is 31.4 Å². The van der Waals surface area contributed by atoms with E-state index < -0.39 is 0 Å². The summed E-state index contributed by atoms with van der Waals surface area (Å²) in [6, 6.07) is 7.18. The number of rotatable bonds is 2. The van der Waals surface area contributed by atoms with Gasteiger partial charge in [-0.2, -0.15) is 0 Å². The van der Waals surface area contributed by atoms with E-state index in [0.29, 0.717) is 6.04 Å². The number of fused-ring (bicyclic) bond motifs is 1. The first-order valence-electron chi connectivity index (χ1n) is 5.47. The van der Waals surface area contributed by atoms with Gasteiger partial charge in [0.15, 0.2) is 0 Å². The number of thioether (sulfide) groups is 1. The van der Waals surface area contributed by atoms with Gasteiger partial charge in [-0.15, -0.1) is 11.8 Å². The maximum atomic E-state index is 3.57. The zero-order valence-electron chi connectivity index (χ0n) is 8.92. The van der Waals surface area contributed by atoms with Crippen molar-refractivity contribution in [2.75, 3.05) is 12.3 Å². The molecule has 3 heteroatoms. The van der Waals surface area contributed by atoms with Crippen molar-refractivity contribution in [2.45, 2.75) is 30.7 Å². The lowest BCUT2D eigenvalue weighted by Crippen LogP contribution is -2.20. The number of hydrogen-bond donors (Lipinski definition) is 1. The summed E-state index contributed by atoms with van der Waals surface area (Å²) in [6.45, 7) is 3.22. The van der Waals surface area contributed by atoms with Crippen molar-refractivity contribution in [3.05, 3.63) is 28.2 Å². The summed E-state index contributed by atoms with van der Waals surface area (Å²) >= 11 is 5.54. The van der Waals surface area contributed by atoms with Gasteiger partial charge in [0.2, 0.25) is 0 Å². The molecule has 1 heterocycles. The van der Waals surface area contributed by atoms with Crippen LogP contribution < -0.4 is 5.32 Å². The Labute approximate surface area is 104 Å². The lowest BCUT2D eigenvalue weighted by molar-refractivity contribution is 0.508. The van der Waals surface area contributed by atoms with Crippen molar-refractivity contribution >= 4 is 27.7 Å². The van der Waals surface area contributed by atoms with E-state index >= 15 is 0 Å². The lowest BCUT2D eigenvalue weighted by Gasteiger charge is -2.18. The van der Waals surface area contributed by atoms with E-state index in [4.69, 9.17) is 0 Å². The molecule has 15 heavy (non-hydrogen) atoms. The Morgan fingerprint density at radius 2 is 2.40 bits per heavy atom. The minimum atomic E-state index is 0.539. The maximum absolute atomic E-state index is 3.57. The molecule has 1 unspecified atom stereocenters. The van der Waals surface area contributed by atoms with E-state index in [2.05, 4.69) is 46.4 Å². The SMILES string of the molecule is CCNC1CCCSc2ccc(Br)cc21. The maximum Gasteiger partial charge on any atom is 0.0331 e. The van der Waals surface area contributed by atoms with Gasteiger partial charge in [-0.1, -0.05) is 22.9 Å². The van der Waals surface area contributed by atoms with Crippen molar-refractivity contribution < 1.29 is 0 Å². The summed E-state index contributed by atoms with van der Waals surface area (Å²) in [7, 11) is 0. The number of benzene rings is 1. The van der Waals surface area contributed by atoms with Gasteiger partial charge in [0, 0.05) is 15.4 Å². The van der Waals surface area contributed by atoms with E-state index in [1.54, 1.807) is 0 Å². The molecule has 1 atom stereocenters. The van der Waals surface area contributed by atoms with E-state index in [9.17, 15) is 0 Å². The molecule has 1 nitrogen and oxygen atoms in total. The monoisotopic (exact) mass is 285 g/mol. The molecule has 1 N–H and O–H groups in total. The molecular weight excluding hydrogens is 270 g/mol. The molecule has 2 rings (SSSR count). The normalized spacial score (nSPS) is 20.8. The highest BCUT2D eigenvalue weighted by molar-refractivity contribution is 9.10. The minimum Gasteiger partial charge on any atom is -0.310 e. The fourth-order valence-corrected chi connectivity index (χ4v) is 3.45. The summed E-state index contributed by atoms with van der Waals surface area (Å²) in [4.78, 5) is 1.45. The van der Waals surface area contributed by atoms with Crippen LogP contribution in [0.15, 0.2) is 27.6 Å². The molecule has 0 radical (unpaired) electrons. The first-order chi connectivity index (χ1) is 7.31. The Kier molecular flexibility index (Phi) is 4.12. The first kappa shape index (κ1) is 11.5. The van der Waals surface area contributed by atoms with Gasteiger partial charge in [0.05, 0.1) is 0 Å². The molecule has 1 aromatic carbocycles. The predicted octanol–water partition coefficient (Wildman–Crippen LogP) is 3.99. The highest BCUT2D eigenvalue weighted by Gasteiger charge is 2.18. The fraction of sp³-hybridized carbons (Fsp3) is 0.500. The molecule has 1 aliphatic heterocycles. The molecule has 82 valence electrons. The molecule has 0 saturated heterocycles. The minimum absolute atomic E-state index is 0.539. The molecule has 0 aliphatic carbocycles. The smallest absolute Gasteiger partial charge is 0.0331 e. The van der Waals surface area contributed by atoms with Gasteiger partial charge in [-0.25, -0.2) is 0 Å². The lowest BCUT2D eigenvalue weighted by atomic mass is 10.0. The zero-order chi connectivity index (χ0) is 10.7. The molecule has 1 aromatic rings. The van der Waals surface area contributed by atoms with Crippen molar-refractivity contribution in [3.8, 4) is 0 Å². The highest BCUT2D eigenvalue weighted by atomic mass is 79.9. The molecule has 0 bridgehead atoms. The second-order valence-electron chi connectivity index (χ2n) is 3.78. The van der Waals surface area contributed by atoms with Crippen LogP contribution in [-0.4, -0.2) is 12.3 Å². The van der Waals surface area contributed by atoms with Crippen molar-refractivity contribution in [1.82, 2.24) is 5.32 Å². The fourth-order valence-electron chi connectivity index (χ4n) is 2.01. The molecular formula is C12H16BrNS. The van der Waals surface area contributed by atoms with E-state index in [0.717, 1.165) is 6.54 Å². The third kappa shape index (κ3) is 2.77. The van der Waals surface area contributed by atoms with Crippen molar-refractivity contribution in [3.63, 3.8) is 0 Å². The summed E-state index contributed by atoms with van der Waals surface area (Å²) < 4.78 is 1.19. The first-order valence-corrected chi connectivity index (χ1v) is 7.24. The summed E-state index contributed by atoms with van der Waals surface area (Å²) in [5.41, 5.74) is 1.47. The molecule has 0 saturated carbocycles. The summed E-state index contributed by atoms with van der Waals surface area (Å²) in [5.74, 6) is 1.25. The van der Waals surface area contributed by atoms with Gasteiger partial charge < -0.3 is 5.32 Å². The second-order valence-corrected chi connectivity index (χ2v) is 5.84. The number of hydrogen-bond acceptors (Lipinski definition) is 2. The van der Waals surface area contributed by atoms with Crippen LogP contribution in [0.25, 0.3) is 0 Å². The van der Waals surface area contributed by atoms with Crippen LogP contribution in [0.2, 0.25) is 0 Å². The zero-order valence-corrected chi connectivity index (χ0v) is 11.3. The topological polar surface area (TPSA) is 12.0 Å². The van der Waals surface area contributed by atoms with Gasteiger partial charge in [-0.3, -0.25) is 0 Å². The van der Waals surface area contributed by atoms with Crippen LogP contribution in [0.5, 0.6) is 0 Å². The predicted molar refractivity (Wildman–Crippen MR) is 70.5 cm³/mol. The number of nitrogens with one attached hydrogen (secondary N) is 1. The molecule has 0 aromatic heterocycles. The highest BCUT2D eigenvalue weighted by Crippen LogP contribution is 2.36. The Hall–Kier alpha value is 0.01000. The Morgan fingerprint density at radius 3 is 3.20 bits per heavy atom. The number of halogens is 1. The van der Waals surface area contributed by atoms with Crippen LogP contribution in [0.3, 0.4) is 0 Å². The average Bonchev–Trinajstić information content (AvgIpc) is 2.42. The van der Waals surface area contributed by atoms with Gasteiger partial charge >= 0.3 is 0 Å². The van der Waals surface area contributed by atoms with E-state index in [-0.39, 0.29) is 0 Å². The third-order valence-electron chi connectivity index (χ3n) is 2.69. The Bertz CT molecular complexity index is 340. The van der Waals surface area contributed by atoms with Crippen molar-refractivity contribution in [1.29, 1.82) is 0 Å². The van der Waals surface area contributed by atoms with Crippen LogP contribution in [0.4, 0.5) is 0 Å². The molecule has 0 amide bonds. The van der Waals surface area contributed by atoms with Crippen LogP contribution in [0, 0.1) is 0 Å². The van der Waals surface area contributed by atoms with E-state index in [1.807, 2.05) is 11.8 Å². The average molecular weight is 286 g/mol. The molecule has 1 aliphatic rings. The Morgan fingerprint density at radius 1 is 1.53 bits per heavy atom. The third-order valence-corrected chi connectivity index (χ3v) is 4.36. The second kappa shape index (κ2) is 5.37. The molecule has 0 fully saturated rings. The van der Waals surface area contributed by atoms with Gasteiger partial charge in [-0.05, 0) is 48.9 Å². The molecule has 0 spiro atoms. The quantitative estimate of drug-likeness (QED) is 0.882.